The van der Waals surface area contributed by atoms with Gasteiger partial charge in [0, 0.05) is 18.0 Å². The molecule has 1 N–H and O–H groups in total. The van der Waals surface area contributed by atoms with Gasteiger partial charge >= 0.3 is 5.97 Å². The molecule has 1 aromatic heterocycles. The van der Waals surface area contributed by atoms with E-state index in [4.69, 9.17) is 9.47 Å². The molecule has 0 aliphatic carbocycles. The van der Waals surface area contributed by atoms with Crippen LogP contribution in [0.15, 0.2) is 23.6 Å². The Hall–Kier alpha value is -2.12. The summed E-state index contributed by atoms with van der Waals surface area (Å²) in [5, 5.41) is 12.1. The van der Waals surface area contributed by atoms with Crippen LogP contribution in [0, 0.1) is 0 Å². The molecule has 128 valence electrons. The number of carbonyl (C=O) groups is 1. The summed E-state index contributed by atoms with van der Waals surface area (Å²) in [6.45, 7) is 1.36. The van der Waals surface area contributed by atoms with Crippen molar-refractivity contribution in [3.05, 3.63) is 29.3 Å². The average molecular weight is 348 g/mol. The molecule has 1 aromatic carbocycles. The maximum absolute atomic E-state index is 11.3. The maximum atomic E-state index is 11.3. The van der Waals surface area contributed by atoms with Crippen LogP contribution in [0.25, 0.3) is 10.6 Å². The van der Waals surface area contributed by atoms with Crippen molar-refractivity contribution in [2.24, 2.45) is 0 Å². The van der Waals surface area contributed by atoms with Gasteiger partial charge in [0.2, 0.25) is 0 Å². The smallest absolute Gasteiger partial charge is 0.320 e. The van der Waals surface area contributed by atoms with E-state index in [2.05, 4.69) is 4.98 Å². The number of nitrogens with zero attached hydrogens (tertiary/aromatic N) is 2. The molecule has 1 fully saturated rings. The van der Waals surface area contributed by atoms with E-state index in [9.17, 15) is 9.90 Å². The average Bonchev–Trinajstić information content (AvgIpc) is 3.24. The molecule has 0 radical (unpaired) electrons. The highest BCUT2D eigenvalue weighted by atomic mass is 32.1. The zero-order valence-corrected chi connectivity index (χ0v) is 14.5. The second-order valence-electron chi connectivity index (χ2n) is 5.68. The number of rotatable bonds is 6. The standard InChI is InChI=1S/C17H20N2O4S/c1-22-12-5-6-13(15(8-12)23-2)16-18-11(10-24-16)9-19-7-3-4-14(19)17(20)21/h5-6,8,10,14H,3-4,7,9H2,1-2H3,(H,20,21)/t14-/m0/s1. The van der Waals surface area contributed by atoms with Crippen LogP contribution in [0.3, 0.4) is 0 Å². The molecule has 1 saturated heterocycles. The van der Waals surface area contributed by atoms with E-state index in [-0.39, 0.29) is 0 Å². The van der Waals surface area contributed by atoms with E-state index in [1.54, 1.807) is 14.2 Å². The lowest BCUT2D eigenvalue weighted by molar-refractivity contribution is -0.142. The quantitative estimate of drug-likeness (QED) is 0.865. The lowest BCUT2D eigenvalue weighted by atomic mass is 10.2. The lowest BCUT2D eigenvalue weighted by Crippen LogP contribution is -2.35. The van der Waals surface area contributed by atoms with Gasteiger partial charge in [-0.2, -0.15) is 0 Å². The first-order valence-corrected chi connectivity index (χ1v) is 8.64. The number of thiazole rings is 1. The molecule has 2 heterocycles. The minimum Gasteiger partial charge on any atom is -0.497 e. The molecule has 0 saturated carbocycles. The van der Waals surface area contributed by atoms with Crippen LogP contribution in [0.2, 0.25) is 0 Å². The molecular weight excluding hydrogens is 328 g/mol. The van der Waals surface area contributed by atoms with Crippen molar-refractivity contribution in [3.8, 4) is 22.1 Å². The van der Waals surface area contributed by atoms with Crippen LogP contribution in [0.5, 0.6) is 11.5 Å². The topological polar surface area (TPSA) is 71.9 Å². The number of likely N-dealkylation sites (tertiary alicyclic amines) is 1. The van der Waals surface area contributed by atoms with Crippen LogP contribution in [0.4, 0.5) is 0 Å². The molecular formula is C17H20N2O4S. The summed E-state index contributed by atoms with van der Waals surface area (Å²) in [5.74, 6) is 0.688. The van der Waals surface area contributed by atoms with E-state index in [1.807, 2.05) is 28.5 Å². The fraction of sp³-hybridized carbons (Fsp3) is 0.412. The van der Waals surface area contributed by atoms with Crippen molar-refractivity contribution in [2.75, 3.05) is 20.8 Å². The van der Waals surface area contributed by atoms with Crippen molar-refractivity contribution in [1.82, 2.24) is 9.88 Å². The summed E-state index contributed by atoms with van der Waals surface area (Å²) in [6.07, 6.45) is 1.62. The fourth-order valence-corrected chi connectivity index (χ4v) is 3.82. The summed E-state index contributed by atoms with van der Waals surface area (Å²) in [7, 11) is 3.24. The molecule has 24 heavy (non-hydrogen) atoms. The molecule has 7 heteroatoms. The van der Waals surface area contributed by atoms with Gasteiger partial charge in [-0.1, -0.05) is 0 Å². The Morgan fingerprint density at radius 2 is 2.25 bits per heavy atom. The van der Waals surface area contributed by atoms with Gasteiger partial charge in [0.05, 0.1) is 25.5 Å². The highest BCUT2D eigenvalue weighted by molar-refractivity contribution is 7.13. The minimum absolute atomic E-state index is 0.398. The number of carboxylic acid groups (broad SMARTS) is 1. The zero-order valence-electron chi connectivity index (χ0n) is 13.7. The number of methoxy groups -OCH3 is 2. The Kier molecular flexibility index (Phi) is 5.01. The van der Waals surface area contributed by atoms with E-state index >= 15 is 0 Å². The molecule has 0 spiro atoms. The number of hydrogen-bond donors (Lipinski definition) is 1. The molecule has 1 aliphatic heterocycles. The van der Waals surface area contributed by atoms with Gasteiger partial charge in [-0.15, -0.1) is 11.3 Å². The summed E-state index contributed by atoms with van der Waals surface area (Å²) in [4.78, 5) is 17.9. The number of aliphatic carboxylic acids is 1. The Morgan fingerprint density at radius 1 is 1.42 bits per heavy atom. The fourth-order valence-electron chi connectivity index (χ4n) is 2.98. The van der Waals surface area contributed by atoms with Crippen molar-refractivity contribution in [3.63, 3.8) is 0 Å². The molecule has 0 bridgehead atoms. The van der Waals surface area contributed by atoms with Crippen LogP contribution in [0.1, 0.15) is 18.5 Å². The predicted octanol–water partition coefficient (Wildman–Crippen LogP) is 2.88. The summed E-state index contributed by atoms with van der Waals surface area (Å²) in [5.41, 5.74) is 1.80. The lowest BCUT2D eigenvalue weighted by Gasteiger charge is -2.19. The monoisotopic (exact) mass is 348 g/mol. The third kappa shape index (κ3) is 3.37. The van der Waals surface area contributed by atoms with Gasteiger partial charge in [-0.25, -0.2) is 4.98 Å². The Bertz CT molecular complexity index is 731. The van der Waals surface area contributed by atoms with Crippen LogP contribution in [-0.2, 0) is 11.3 Å². The van der Waals surface area contributed by atoms with Gasteiger partial charge in [0.15, 0.2) is 0 Å². The Balaban J connectivity index is 1.80. The number of aromatic nitrogens is 1. The van der Waals surface area contributed by atoms with Gasteiger partial charge in [0.25, 0.3) is 0 Å². The van der Waals surface area contributed by atoms with Gasteiger partial charge in [-0.05, 0) is 31.5 Å². The summed E-state index contributed by atoms with van der Waals surface area (Å²) < 4.78 is 10.6. The minimum atomic E-state index is -0.750. The van der Waals surface area contributed by atoms with E-state index in [0.717, 1.165) is 35.0 Å². The van der Waals surface area contributed by atoms with E-state index < -0.39 is 12.0 Å². The third-order valence-corrected chi connectivity index (χ3v) is 5.13. The summed E-state index contributed by atoms with van der Waals surface area (Å²) in [6, 6.07) is 5.23. The first-order chi connectivity index (χ1) is 11.6. The number of hydrogen-bond acceptors (Lipinski definition) is 6. The van der Waals surface area contributed by atoms with Crippen LogP contribution < -0.4 is 9.47 Å². The van der Waals surface area contributed by atoms with Gasteiger partial charge < -0.3 is 14.6 Å². The van der Waals surface area contributed by atoms with Crippen molar-refractivity contribution in [1.29, 1.82) is 0 Å². The second-order valence-corrected chi connectivity index (χ2v) is 6.54. The SMILES string of the molecule is COc1ccc(-c2nc(CN3CCC[C@H]3C(=O)O)cs2)c(OC)c1. The Labute approximate surface area is 144 Å². The molecule has 2 aromatic rings. The van der Waals surface area contributed by atoms with E-state index in [1.165, 1.54) is 11.3 Å². The molecule has 1 aliphatic rings. The molecule has 3 rings (SSSR count). The first-order valence-electron chi connectivity index (χ1n) is 7.76. The van der Waals surface area contributed by atoms with E-state index in [0.29, 0.717) is 18.7 Å². The third-order valence-electron chi connectivity index (χ3n) is 4.20. The Morgan fingerprint density at radius 3 is 2.96 bits per heavy atom. The number of benzene rings is 1. The molecule has 0 amide bonds. The predicted molar refractivity (Wildman–Crippen MR) is 91.7 cm³/mol. The van der Waals surface area contributed by atoms with Gasteiger partial charge in [-0.3, -0.25) is 9.69 Å². The largest absolute Gasteiger partial charge is 0.497 e. The normalized spacial score (nSPS) is 17.8. The number of ether oxygens (including phenoxy) is 2. The summed E-state index contributed by atoms with van der Waals surface area (Å²) >= 11 is 1.53. The highest BCUT2D eigenvalue weighted by Gasteiger charge is 2.30. The van der Waals surface area contributed by atoms with Crippen molar-refractivity contribution >= 4 is 17.3 Å². The number of carboxylic acids is 1. The maximum Gasteiger partial charge on any atom is 0.320 e. The highest BCUT2D eigenvalue weighted by Crippen LogP contribution is 2.35. The zero-order chi connectivity index (χ0) is 17.1. The van der Waals surface area contributed by atoms with Crippen molar-refractivity contribution < 1.29 is 19.4 Å². The van der Waals surface area contributed by atoms with Gasteiger partial charge in [0.1, 0.15) is 22.5 Å². The second kappa shape index (κ2) is 7.19. The molecule has 1 atom stereocenters. The van der Waals surface area contributed by atoms with Crippen molar-refractivity contribution in [2.45, 2.75) is 25.4 Å². The first kappa shape index (κ1) is 16.7. The molecule has 6 nitrogen and oxygen atoms in total. The van der Waals surface area contributed by atoms with Crippen LogP contribution >= 0.6 is 11.3 Å². The van der Waals surface area contributed by atoms with Crippen LogP contribution in [-0.4, -0.2) is 47.8 Å². The molecule has 0 unspecified atom stereocenters.